The molecule has 4 heterocycles. The molecule has 4 atom stereocenters. The first-order chi connectivity index (χ1) is 13.5. The number of nitrogens with zero attached hydrogens (tertiary/aromatic N) is 4. The fraction of sp³-hybridized carbons (Fsp3) is 0.421. The van der Waals surface area contributed by atoms with Crippen molar-refractivity contribution in [2.75, 3.05) is 0 Å². The summed E-state index contributed by atoms with van der Waals surface area (Å²) in [5, 5.41) is 22.8. The van der Waals surface area contributed by atoms with E-state index < -0.39 is 12.3 Å². The van der Waals surface area contributed by atoms with E-state index in [1.54, 1.807) is 35.4 Å². The molecule has 2 bridgehead atoms. The standard InChI is InChI=1S/C19H20FN5O2S/c1-19-5-4-13(22-19)16(20)15(9-19)27-18-24-23-17(28-18)12-3-2-11(8-14(12)26)25-7-6-21-10-25/h2-3,6-8,10,13,15-16,22,26H,4-5,9H2,1H3/t13?,15-,16-,19-/m0/s1. The number of phenolic OH excluding ortho intramolecular Hbond substituents is 1. The number of ether oxygens (including phenoxy) is 1. The van der Waals surface area contributed by atoms with E-state index in [9.17, 15) is 9.50 Å². The number of fused-ring (bicyclic) bond motifs is 2. The molecule has 2 aliphatic heterocycles. The number of aromatic nitrogens is 4. The highest BCUT2D eigenvalue weighted by Crippen LogP contribution is 2.40. The van der Waals surface area contributed by atoms with Crippen molar-refractivity contribution >= 4 is 11.3 Å². The van der Waals surface area contributed by atoms with Gasteiger partial charge in [-0.2, -0.15) is 0 Å². The molecule has 0 saturated carbocycles. The highest BCUT2D eigenvalue weighted by Gasteiger charge is 2.49. The SMILES string of the molecule is C[C@@]12CCC(N1)[C@H](F)[C@@H](Oc1nnc(-c3ccc(-n4ccnc4)cc3O)s1)C2. The largest absolute Gasteiger partial charge is 0.507 e. The van der Waals surface area contributed by atoms with Gasteiger partial charge < -0.3 is 19.7 Å². The van der Waals surface area contributed by atoms with Gasteiger partial charge >= 0.3 is 0 Å². The number of alkyl halides is 1. The summed E-state index contributed by atoms with van der Waals surface area (Å²) in [6.45, 7) is 2.11. The van der Waals surface area contributed by atoms with Crippen molar-refractivity contribution in [3.8, 4) is 27.2 Å². The van der Waals surface area contributed by atoms with E-state index in [4.69, 9.17) is 4.74 Å². The summed E-state index contributed by atoms with van der Waals surface area (Å²) in [7, 11) is 0. The molecule has 5 rings (SSSR count). The second-order valence-electron chi connectivity index (χ2n) is 7.70. The Hall–Kier alpha value is -2.52. The number of piperidine rings is 1. The zero-order chi connectivity index (χ0) is 19.3. The van der Waals surface area contributed by atoms with Crippen molar-refractivity contribution in [1.29, 1.82) is 0 Å². The first-order valence-electron chi connectivity index (χ1n) is 9.24. The summed E-state index contributed by atoms with van der Waals surface area (Å²) in [6, 6.07) is 5.12. The minimum Gasteiger partial charge on any atom is -0.507 e. The molecular weight excluding hydrogens is 381 g/mol. The van der Waals surface area contributed by atoms with Gasteiger partial charge in [-0.15, -0.1) is 5.10 Å². The van der Waals surface area contributed by atoms with Crippen LogP contribution in [0.5, 0.6) is 10.9 Å². The van der Waals surface area contributed by atoms with Crippen LogP contribution in [-0.4, -0.2) is 48.7 Å². The number of aromatic hydroxyl groups is 1. The first kappa shape index (κ1) is 17.6. The Morgan fingerprint density at radius 3 is 3.07 bits per heavy atom. The van der Waals surface area contributed by atoms with Crippen molar-refractivity contribution in [2.24, 2.45) is 0 Å². The molecule has 28 heavy (non-hydrogen) atoms. The summed E-state index contributed by atoms with van der Waals surface area (Å²) in [5.74, 6) is 0.0877. The van der Waals surface area contributed by atoms with Crippen LogP contribution in [-0.2, 0) is 0 Å². The predicted octanol–water partition coefficient (Wildman–Crippen LogP) is 3.10. The number of phenols is 1. The summed E-state index contributed by atoms with van der Waals surface area (Å²) in [6.07, 6.45) is 5.92. The Morgan fingerprint density at radius 2 is 2.29 bits per heavy atom. The lowest BCUT2D eigenvalue weighted by Crippen LogP contribution is -2.57. The molecule has 1 unspecified atom stereocenters. The van der Waals surface area contributed by atoms with Crippen LogP contribution in [0.2, 0.25) is 0 Å². The average molecular weight is 401 g/mol. The number of rotatable bonds is 4. The van der Waals surface area contributed by atoms with E-state index in [2.05, 4.69) is 27.4 Å². The highest BCUT2D eigenvalue weighted by atomic mass is 32.1. The van der Waals surface area contributed by atoms with Crippen molar-refractivity contribution in [3.05, 3.63) is 36.9 Å². The van der Waals surface area contributed by atoms with E-state index in [0.717, 1.165) is 18.5 Å². The number of hydrogen-bond donors (Lipinski definition) is 2. The third-order valence-corrected chi connectivity index (χ3v) is 6.45. The zero-order valence-electron chi connectivity index (χ0n) is 15.2. The van der Waals surface area contributed by atoms with E-state index >= 15 is 0 Å². The van der Waals surface area contributed by atoms with Crippen molar-refractivity contribution in [3.63, 3.8) is 0 Å². The molecule has 0 amide bonds. The first-order valence-corrected chi connectivity index (χ1v) is 10.1. The molecule has 2 aliphatic rings. The molecule has 9 heteroatoms. The normalized spacial score (nSPS) is 29.1. The maximum Gasteiger partial charge on any atom is 0.294 e. The molecule has 7 nitrogen and oxygen atoms in total. The Labute approximate surface area is 165 Å². The van der Waals surface area contributed by atoms with E-state index in [1.165, 1.54) is 11.3 Å². The zero-order valence-corrected chi connectivity index (χ0v) is 16.1. The van der Waals surface area contributed by atoms with Crippen molar-refractivity contribution in [2.45, 2.75) is 50.0 Å². The molecule has 1 aromatic carbocycles. The molecular formula is C19H20FN5O2S. The van der Waals surface area contributed by atoms with Gasteiger partial charge in [0.25, 0.3) is 5.19 Å². The molecule has 2 saturated heterocycles. The summed E-state index contributed by atoms with van der Waals surface area (Å²) in [5.41, 5.74) is 1.27. The summed E-state index contributed by atoms with van der Waals surface area (Å²) in [4.78, 5) is 4.00. The van der Waals surface area contributed by atoms with Gasteiger partial charge in [-0.25, -0.2) is 9.37 Å². The number of halogens is 1. The second-order valence-corrected chi connectivity index (χ2v) is 8.64. The fourth-order valence-corrected chi connectivity index (χ4v) is 4.94. The van der Waals surface area contributed by atoms with Gasteiger partial charge in [0.1, 0.15) is 11.9 Å². The number of benzene rings is 1. The predicted molar refractivity (Wildman–Crippen MR) is 103 cm³/mol. The summed E-state index contributed by atoms with van der Waals surface area (Å²) < 4.78 is 22.4. The monoisotopic (exact) mass is 401 g/mol. The van der Waals surface area contributed by atoms with Crippen LogP contribution in [0.1, 0.15) is 26.2 Å². The van der Waals surface area contributed by atoms with Gasteiger partial charge in [-0.05, 0) is 31.9 Å². The van der Waals surface area contributed by atoms with Gasteiger partial charge in [-0.3, -0.25) is 0 Å². The fourth-order valence-electron chi connectivity index (χ4n) is 4.16. The molecule has 0 aliphatic carbocycles. The van der Waals surface area contributed by atoms with Crippen LogP contribution in [0.15, 0.2) is 36.9 Å². The lowest BCUT2D eigenvalue weighted by atomic mass is 9.90. The Morgan fingerprint density at radius 1 is 1.39 bits per heavy atom. The van der Waals surface area contributed by atoms with Crippen LogP contribution in [0, 0.1) is 0 Å². The summed E-state index contributed by atoms with van der Waals surface area (Å²) >= 11 is 1.21. The lowest BCUT2D eigenvalue weighted by Gasteiger charge is -2.38. The van der Waals surface area contributed by atoms with Crippen LogP contribution in [0.4, 0.5) is 4.39 Å². The Kier molecular flexibility index (Phi) is 4.09. The quantitative estimate of drug-likeness (QED) is 0.699. The molecule has 2 aromatic heterocycles. The average Bonchev–Trinajstić information content (AvgIpc) is 3.40. The van der Waals surface area contributed by atoms with Crippen molar-refractivity contribution < 1.29 is 14.2 Å². The van der Waals surface area contributed by atoms with Crippen LogP contribution in [0.25, 0.3) is 16.3 Å². The molecule has 0 radical (unpaired) electrons. The molecule has 2 fully saturated rings. The minimum atomic E-state index is -1.06. The maximum atomic E-state index is 14.7. The van der Waals surface area contributed by atoms with Gasteiger partial charge in [-0.1, -0.05) is 16.4 Å². The number of imidazole rings is 1. The van der Waals surface area contributed by atoms with Gasteiger partial charge in [0.05, 0.1) is 17.6 Å². The van der Waals surface area contributed by atoms with Gasteiger partial charge in [0.15, 0.2) is 11.2 Å². The van der Waals surface area contributed by atoms with Crippen molar-refractivity contribution in [1.82, 2.24) is 25.1 Å². The van der Waals surface area contributed by atoms with Crippen LogP contribution < -0.4 is 10.1 Å². The topological polar surface area (TPSA) is 85.1 Å². The smallest absolute Gasteiger partial charge is 0.294 e. The van der Waals surface area contributed by atoms with Gasteiger partial charge in [0, 0.05) is 36.5 Å². The van der Waals surface area contributed by atoms with E-state index in [-0.39, 0.29) is 17.3 Å². The lowest BCUT2D eigenvalue weighted by molar-refractivity contribution is 0.0262. The molecule has 3 aromatic rings. The van der Waals surface area contributed by atoms with Crippen LogP contribution >= 0.6 is 11.3 Å². The molecule has 146 valence electrons. The maximum absolute atomic E-state index is 14.7. The van der Waals surface area contributed by atoms with Crippen LogP contribution in [0.3, 0.4) is 0 Å². The molecule has 0 spiro atoms. The number of nitrogens with one attached hydrogen (secondary N) is 1. The second kappa shape index (κ2) is 6.52. The van der Waals surface area contributed by atoms with E-state index in [0.29, 0.717) is 22.2 Å². The van der Waals surface area contributed by atoms with Gasteiger partial charge in [0.2, 0.25) is 0 Å². The Balaban J connectivity index is 1.35. The Bertz CT molecular complexity index is 994. The van der Waals surface area contributed by atoms with E-state index in [1.807, 2.05) is 6.07 Å². The minimum absolute atomic E-state index is 0.0765. The number of hydrogen-bond acceptors (Lipinski definition) is 7. The third kappa shape index (κ3) is 3.04. The highest BCUT2D eigenvalue weighted by molar-refractivity contribution is 7.16. The molecule has 2 N–H and O–H groups in total. The third-order valence-electron chi connectivity index (χ3n) is 5.61.